The van der Waals surface area contributed by atoms with Gasteiger partial charge in [-0.2, -0.15) is 4.31 Å². The number of ether oxygens (including phenoxy) is 1. The Balaban J connectivity index is 2.05. The maximum absolute atomic E-state index is 13.6. The first-order chi connectivity index (χ1) is 11.0. The van der Waals surface area contributed by atoms with Crippen LogP contribution in [0.15, 0.2) is 27.6 Å². The highest BCUT2D eigenvalue weighted by atomic mass is 79.9. The van der Waals surface area contributed by atoms with Crippen LogP contribution < -0.4 is 0 Å². The van der Waals surface area contributed by atoms with Gasteiger partial charge in [-0.25, -0.2) is 17.6 Å². The summed E-state index contributed by atoms with van der Waals surface area (Å²) in [6, 6.07) is 3.70. The van der Waals surface area contributed by atoms with Crippen molar-refractivity contribution in [3.8, 4) is 0 Å². The van der Waals surface area contributed by atoms with Crippen molar-refractivity contribution < 1.29 is 22.3 Å². The molecule has 0 spiro atoms. The Labute approximate surface area is 149 Å². The Hall–Kier alpha value is -1.19. The Kier molecular flexibility index (Phi) is 5.56. The minimum absolute atomic E-state index is 0.103. The van der Waals surface area contributed by atoms with Crippen LogP contribution in [-0.2, 0) is 14.8 Å². The van der Waals surface area contributed by atoms with Crippen LogP contribution in [0.5, 0.6) is 0 Å². The first-order valence-electron chi connectivity index (χ1n) is 7.44. The Morgan fingerprint density at radius 2 is 1.79 bits per heavy atom. The number of hydrogen-bond acceptors (Lipinski definition) is 4. The van der Waals surface area contributed by atoms with Gasteiger partial charge in [-0.05, 0) is 54.9 Å². The molecule has 6 nitrogen and oxygen atoms in total. The molecule has 0 radical (unpaired) electrons. The van der Waals surface area contributed by atoms with Gasteiger partial charge in [-0.3, -0.25) is 0 Å². The SMILES string of the molecule is CC(C)(C)OC(=O)N1CCN(S(=O)(=O)c2ccc(Br)c(F)c2)CC1. The number of carbonyl (C=O) groups excluding carboxylic acids is 1. The van der Waals surface area contributed by atoms with Gasteiger partial charge in [-0.15, -0.1) is 0 Å². The summed E-state index contributed by atoms with van der Waals surface area (Å²) in [6.45, 7) is 6.05. The molecule has 0 bridgehead atoms. The molecule has 1 fully saturated rings. The quantitative estimate of drug-likeness (QED) is 0.734. The minimum Gasteiger partial charge on any atom is -0.444 e. The number of sulfonamides is 1. The highest BCUT2D eigenvalue weighted by Crippen LogP contribution is 2.23. The van der Waals surface area contributed by atoms with E-state index in [0.29, 0.717) is 0 Å². The van der Waals surface area contributed by atoms with Gasteiger partial charge in [0.25, 0.3) is 0 Å². The summed E-state index contributed by atoms with van der Waals surface area (Å²) in [4.78, 5) is 13.4. The Morgan fingerprint density at radius 1 is 1.21 bits per heavy atom. The molecule has 0 N–H and O–H groups in total. The summed E-state index contributed by atoms with van der Waals surface area (Å²) in [7, 11) is -3.79. The van der Waals surface area contributed by atoms with Crippen LogP contribution in [-0.4, -0.2) is 55.5 Å². The van der Waals surface area contributed by atoms with E-state index in [-0.39, 0.29) is 35.5 Å². The molecule has 0 saturated carbocycles. The van der Waals surface area contributed by atoms with Crippen molar-refractivity contribution >= 4 is 32.0 Å². The van der Waals surface area contributed by atoms with Crippen LogP contribution >= 0.6 is 15.9 Å². The van der Waals surface area contributed by atoms with Crippen LogP contribution in [0, 0.1) is 5.82 Å². The fourth-order valence-electron chi connectivity index (χ4n) is 2.22. The van der Waals surface area contributed by atoms with Crippen LogP contribution in [0.2, 0.25) is 0 Å². The number of hydrogen-bond donors (Lipinski definition) is 0. The van der Waals surface area contributed by atoms with Gasteiger partial charge < -0.3 is 9.64 Å². The zero-order valence-electron chi connectivity index (χ0n) is 13.8. The minimum atomic E-state index is -3.79. The lowest BCUT2D eigenvalue weighted by molar-refractivity contribution is 0.0192. The van der Waals surface area contributed by atoms with E-state index in [1.165, 1.54) is 21.3 Å². The number of piperazine rings is 1. The van der Waals surface area contributed by atoms with E-state index in [0.717, 1.165) is 6.07 Å². The zero-order chi connectivity index (χ0) is 18.1. The Morgan fingerprint density at radius 3 is 2.29 bits per heavy atom. The second-order valence-corrected chi connectivity index (χ2v) is 9.24. The lowest BCUT2D eigenvalue weighted by Gasteiger charge is -2.34. The first-order valence-corrected chi connectivity index (χ1v) is 9.67. The van der Waals surface area contributed by atoms with Crippen LogP contribution in [0.4, 0.5) is 9.18 Å². The van der Waals surface area contributed by atoms with Gasteiger partial charge in [0.1, 0.15) is 11.4 Å². The van der Waals surface area contributed by atoms with E-state index in [9.17, 15) is 17.6 Å². The maximum atomic E-state index is 13.6. The summed E-state index contributed by atoms with van der Waals surface area (Å²) in [5, 5.41) is 0. The molecule has 9 heteroatoms. The van der Waals surface area contributed by atoms with E-state index in [4.69, 9.17) is 4.74 Å². The topological polar surface area (TPSA) is 66.9 Å². The summed E-state index contributed by atoms with van der Waals surface area (Å²) in [6.07, 6.45) is -0.464. The third-order valence-corrected chi connectivity index (χ3v) is 5.96. The molecule has 0 aromatic heterocycles. The van der Waals surface area contributed by atoms with Crippen LogP contribution in [0.3, 0.4) is 0 Å². The molecule has 1 heterocycles. The van der Waals surface area contributed by atoms with Crippen LogP contribution in [0.25, 0.3) is 0 Å². The summed E-state index contributed by atoms with van der Waals surface area (Å²) >= 11 is 3.00. The number of nitrogens with zero attached hydrogens (tertiary/aromatic N) is 2. The molecule has 1 aliphatic heterocycles. The monoisotopic (exact) mass is 422 g/mol. The average molecular weight is 423 g/mol. The fourth-order valence-corrected chi connectivity index (χ4v) is 3.91. The molecule has 1 aliphatic rings. The van der Waals surface area contributed by atoms with Crippen LogP contribution in [0.1, 0.15) is 20.8 Å². The lowest BCUT2D eigenvalue weighted by Crippen LogP contribution is -2.51. The fraction of sp³-hybridized carbons (Fsp3) is 0.533. The Bertz CT molecular complexity index is 725. The second kappa shape index (κ2) is 6.97. The number of amides is 1. The molecule has 1 aromatic rings. The van der Waals surface area contributed by atoms with E-state index in [1.807, 2.05) is 0 Å². The molecule has 1 amide bonds. The predicted molar refractivity (Wildman–Crippen MR) is 90.7 cm³/mol. The standard InChI is InChI=1S/C15H20BrFN2O4S/c1-15(2,3)23-14(20)18-6-8-19(9-7-18)24(21,22)11-4-5-12(16)13(17)10-11/h4-5,10H,6-9H2,1-3H3. The molecular weight excluding hydrogens is 403 g/mol. The highest BCUT2D eigenvalue weighted by Gasteiger charge is 2.32. The number of rotatable bonds is 2. The highest BCUT2D eigenvalue weighted by molar-refractivity contribution is 9.10. The molecule has 0 atom stereocenters. The van der Waals surface area contributed by atoms with E-state index < -0.39 is 27.5 Å². The molecule has 1 aromatic carbocycles. The molecular formula is C15H20BrFN2O4S. The third kappa shape index (κ3) is 4.46. The van der Waals surface area contributed by atoms with Gasteiger partial charge in [-0.1, -0.05) is 0 Å². The summed E-state index contributed by atoms with van der Waals surface area (Å²) < 4.78 is 45.5. The number of benzene rings is 1. The molecule has 0 unspecified atom stereocenters. The van der Waals surface area contributed by atoms with Crippen molar-refractivity contribution in [3.63, 3.8) is 0 Å². The third-order valence-electron chi connectivity index (χ3n) is 3.42. The normalized spacial score (nSPS) is 17.0. The van der Waals surface area contributed by atoms with E-state index in [1.54, 1.807) is 20.8 Å². The van der Waals surface area contributed by atoms with Gasteiger partial charge in [0.15, 0.2) is 0 Å². The molecule has 1 saturated heterocycles. The molecule has 24 heavy (non-hydrogen) atoms. The first kappa shape index (κ1) is 19.1. The van der Waals surface area contributed by atoms with E-state index in [2.05, 4.69) is 15.9 Å². The van der Waals surface area contributed by atoms with Crippen molar-refractivity contribution in [2.24, 2.45) is 0 Å². The molecule has 2 rings (SSSR count). The van der Waals surface area contributed by atoms with Crippen molar-refractivity contribution in [3.05, 3.63) is 28.5 Å². The molecule has 0 aliphatic carbocycles. The second-order valence-electron chi connectivity index (χ2n) is 6.45. The average Bonchev–Trinajstić information content (AvgIpc) is 2.48. The van der Waals surface area contributed by atoms with Gasteiger partial charge >= 0.3 is 6.09 Å². The van der Waals surface area contributed by atoms with Crippen molar-refractivity contribution in [1.29, 1.82) is 0 Å². The summed E-state index contributed by atoms with van der Waals surface area (Å²) in [5.74, 6) is -0.636. The molecule has 134 valence electrons. The smallest absolute Gasteiger partial charge is 0.410 e. The van der Waals surface area contributed by atoms with E-state index >= 15 is 0 Å². The van der Waals surface area contributed by atoms with Crippen molar-refractivity contribution in [1.82, 2.24) is 9.21 Å². The van der Waals surface area contributed by atoms with Gasteiger partial charge in [0, 0.05) is 26.2 Å². The van der Waals surface area contributed by atoms with Crippen molar-refractivity contribution in [2.75, 3.05) is 26.2 Å². The summed E-state index contributed by atoms with van der Waals surface area (Å²) in [5.41, 5.74) is -0.602. The lowest BCUT2D eigenvalue weighted by atomic mass is 10.2. The largest absolute Gasteiger partial charge is 0.444 e. The zero-order valence-corrected chi connectivity index (χ0v) is 16.2. The number of halogens is 2. The predicted octanol–water partition coefficient (Wildman–Crippen LogP) is 2.83. The van der Waals surface area contributed by atoms with Crippen molar-refractivity contribution in [2.45, 2.75) is 31.3 Å². The van der Waals surface area contributed by atoms with Gasteiger partial charge in [0.05, 0.1) is 9.37 Å². The number of carbonyl (C=O) groups is 1. The van der Waals surface area contributed by atoms with Gasteiger partial charge in [0.2, 0.25) is 10.0 Å². The maximum Gasteiger partial charge on any atom is 0.410 e.